The fourth-order valence-corrected chi connectivity index (χ4v) is 1.81. The Hall–Kier alpha value is -0.340. The summed E-state index contributed by atoms with van der Waals surface area (Å²) in [6, 6.07) is 9.55. The molecule has 1 rings (SSSR count). The van der Waals surface area contributed by atoms with E-state index < -0.39 is 0 Å². The van der Waals surface area contributed by atoms with Crippen LogP contribution in [0.15, 0.2) is 28.7 Å². The molecule has 1 atom stereocenters. The maximum absolute atomic E-state index is 3.55. The third kappa shape index (κ3) is 3.43. The van der Waals surface area contributed by atoms with Gasteiger partial charge < -0.3 is 5.32 Å². The van der Waals surface area contributed by atoms with Crippen LogP contribution < -0.4 is 5.32 Å². The van der Waals surface area contributed by atoms with Crippen LogP contribution in [0.4, 0.5) is 0 Å². The number of nitrogens with one attached hydrogen (secondary N) is 1. The average molecular weight is 256 g/mol. The predicted molar refractivity (Wildman–Crippen MR) is 65.4 cm³/mol. The van der Waals surface area contributed by atoms with E-state index in [9.17, 15) is 0 Å². The van der Waals surface area contributed by atoms with Gasteiger partial charge in [-0.2, -0.15) is 0 Å². The lowest BCUT2D eigenvalue weighted by Crippen LogP contribution is -2.27. The van der Waals surface area contributed by atoms with E-state index in [0.717, 1.165) is 10.9 Å². The number of halogens is 1. The zero-order valence-electron chi connectivity index (χ0n) is 9.05. The van der Waals surface area contributed by atoms with Gasteiger partial charge in [0.2, 0.25) is 0 Å². The summed E-state index contributed by atoms with van der Waals surface area (Å²) in [5, 5.41) is 3.55. The monoisotopic (exact) mass is 255 g/mol. The first-order valence-electron chi connectivity index (χ1n) is 5.15. The van der Waals surface area contributed by atoms with Crippen molar-refractivity contribution in [2.24, 2.45) is 0 Å². The first kappa shape index (κ1) is 11.7. The summed E-state index contributed by atoms with van der Waals surface area (Å²) in [7, 11) is 0. The fraction of sp³-hybridized carbons (Fsp3) is 0.500. The Morgan fingerprint density at radius 2 is 1.79 bits per heavy atom. The molecular formula is C12H18BrN. The van der Waals surface area contributed by atoms with Gasteiger partial charge in [0.15, 0.2) is 0 Å². The first-order chi connectivity index (χ1) is 6.63. The van der Waals surface area contributed by atoms with Gasteiger partial charge in [0.25, 0.3) is 0 Å². The SMILES string of the molecule is CCC(NC(C)C)c1ccc(Br)cc1. The highest BCUT2D eigenvalue weighted by Gasteiger charge is 2.09. The molecular weight excluding hydrogens is 238 g/mol. The van der Waals surface area contributed by atoms with Gasteiger partial charge in [0.1, 0.15) is 0 Å². The highest BCUT2D eigenvalue weighted by Crippen LogP contribution is 2.19. The minimum absolute atomic E-state index is 0.475. The van der Waals surface area contributed by atoms with Crippen molar-refractivity contribution in [3.63, 3.8) is 0 Å². The van der Waals surface area contributed by atoms with Gasteiger partial charge in [0.05, 0.1) is 0 Å². The lowest BCUT2D eigenvalue weighted by molar-refractivity contribution is 0.466. The van der Waals surface area contributed by atoms with E-state index in [1.165, 1.54) is 5.56 Å². The highest BCUT2D eigenvalue weighted by atomic mass is 79.9. The van der Waals surface area contributed by atoms with Gasteiger partial charge in [-0.3, -0.25) is 0 Å². The lowest BCUT2D eigenvalue weighted by atomic mass is 10.0. The molecule has 0 spiro atoms. The van der Waals surface area contributed by atoms with E-state index in [-0.39, 0.29) is 0 Å². The van der Waals surface area contributed by atoms with Gasteiger partial charge in [0, 0.05) is 16.6 Å². The molecule has 0 bridgehead atoms. The minimum atomic E-state index is 0.475. The summed E-state index contributed by atoms with van der Waals surface area (Å²) in [4.78, 5) is 0. The van der Waals surface area contributed by atoms with E-state index in [1.54, 1.807) is 0 Å². The zero-order chi connectivity index (χ0) is 10.6. The number of hydrogen-bond acceptors (Lipinski definition) is 1. The van der Waals surface area contributed by atoms with Crippen molar-refractivity contribution in [2.45, 2.75) is 39.3 Å². The molecule has 0 aliphatic carbocycles. The van der Waals surface area contributed by atoms with Crippen LogP contribution in [0.2, 0.25) is 0 Å². The molecule has 1 aromatic rings. The molecule has 1 N–H and O–H groups in total. The molecule has 0 radical (unpaired) electrons. The fourth-order valence-electron chi connectivity index (χ4n) is 1.55. The number of hydrogen-bond donors (Lipinski definition) is 1. The number of benzene rings is 1. The Balaban J connectivity index is 2.73. The maximum Gasteiger partial charge on any atom is 0.0319 e. The number of rotatable bonds is 4. The molecule has 0 aromatic heterocycles. The van der Waals surface area contributed by atoms with Crippen molar-refractivity contribution in [1.82, 2.24) is 5.32 Å². The quantitative estimate of drug-likeness (QED) is 0.861. The van der Waals surface area contributed by atoms with Crippen LogP contribution in [0.25, 0.3) is 0 Å². The van der Waals surface area contributed by atoms with Crippen molar-refractivity contribution in [3.8, 4) is 0 Å². The summed E-state index contributed by atoms with van der Waals surface area (Å²) < 4.78 is 1.14. The molecule has 0 fully saturated rings. The Kier molecular flexibility index (Phi) is 4.63. The van der Waals surface area contributed by atoms with Crippen LogP contribution in [0.5, 0.6) is 0 Å². The molecule has 0 amide bonds. The minimum Gasteiger partial charge on any atom is -0.308 e. The smallest absolute Gasteiger partial charge is 0.0319 e. The molecule has 0 saturated heterocycles. The standard InChI is InChI=1S/C12H18BrN/c1-4-12(14-9(2)3)10-5-7-11(13)8-6-10/h5-9,12,14H,4H2,1-3H3. The van der Waals surface area contributed by atoms with Crippen molar-refractivity contribution >= 4 is 15.9 Å². The van der Waals surface area contributed by atoms with Crippen molar-refractivity contribution in [1.29, 1.82) is 0 Å². The maximum atomic E-state index is 3.55. The molecule has 1 nitrogen and oxygen atoms in total. The van der Waals surface area contributed by atoms with Gasteiger partial charge >= 0.3 is 0 Å². The summed E-state index contributed by atoms with van der Waals surface area (Å²) in [6.07, 6.45) is 1.12. The third-order valence-electron chi connectivity index (χ3n) is 2.22. The molecule has 2 heteroatoms. The van der Waals surface area contributed by atoms with Crippen LogP contribution >= 0.6 is 15.9 Å². The Morgan fingerprint density at radius 1 is 1.21 bits per heavy atom. The molecule has 0 heterocycles. The second kappa shape index (κ2) is 5.52. The van der Waals surface area contributed by atoms with Crippen molar-refractivity contribution in [2.75, 3.05) is 0 Å². The third-order valence-corrected chi connectivity index (χ3v) is 2.74. The van der Waals surface area contributed by atoms with Crippen molar-refractivity contribution in [3.05, 3.63) is 34.3 Å². The second-order valence-corrected chi connectivity index (χ2v) is 4.75. The van der Waals surface area contributed by atoms with Gasteiger partial charge in [-0.15, -0.1) is 0 Å². The highest BCUT2D eigenvalue weighted by molar-refractivity contribution is 9.10. The lowest BCUT2D eigenvalue weighted by Gasteiger charge is -2.20. The first-order valence-corrected chi connectivity index (χ1v) is 5.94. The van der Waals surface area contributed by atoms with Gasteiger partial charge in [-0.05, 0) is 24.1 Å². The van der Waals surface area contributed by atoms with Crippen LogP contribution in [0, 0.1) is 0 Å². The van der Waals surface area contributed by atoms with Crippen LogP contribution in [0.1, 0.15) is 38.8 Å². The molecule has 0 saturated carbocycles. The van der Waals surface area contributed by atoms with Gasteiger partial charge in [-0.25, -0.2) is 0 Å². The molecule has 1 unspecified atom stereocenters. The van der Waals surface area contributed by atoms with E-state index in [2.05, 4.69) is 66.3 Å². The molecule has 78 valence electrons. The van der Waals surface area contributed by atoms with Crippen LogP contribution in [0.3, 0.4) is 0 Å². The van der Waals surface area contributed by atoms with E-state index in [1.807, 2.05) is 0 Å². The summed E-state index contributed by atoms with van der Waals surface area (Å²) >= 11 is 3.45. The Labute approximate surface area is 95.0 Å². The van der Waals surface area contributed by atoms with E-state index in [0.29, 0.717) is 12.1 Å². The largest absolute Gasteiger partial charge is 0.308 e. The molecule has 14 heavy (non-hydrogen) atoms. The van der Waals surface area contributed by atoms with E-state index in [4.69, 9.17) is 0 Å². The summed E-state index contributed by atoms with van der Waals surface area (Å²) in [6.45, 7) is 6.57. The van der Waals surface area contributed by atoms with Crippen molar-refractivity contribution < 1.29 is 0 Å². The Morgan fingerprint density at radius 3 is 2.21 bits per heavy atom. The predicted octanol–water partition coefficient (Wildman–Crippen LogP) is 3.90. The normalized spacial score (nSPS) is 13.2. The topological polar surface area (TPSA) is 12.0 Å². The average Bonchev–Trinajstić information content (AvgIpc) is 2.15. The van der Waals surface area contributed by atoms with Gasteiger partial charge in [-0.1, -0.05) is 48.8 Å². The molecule has 1 aromatic carbocycles. The van der Waals surface area contributed by atoms with Crippen LogP contribution in [-0.2, 0) is 0 Å². The van der Waals surface area contributed by atoms with Crippen LogP contribution in [-0.4, -0.2) is 6.04 Å². The van der Waals surface area contributed by atoms with E-state index >= 15 is 0 Å². The summed E-state index contributed by atoms with van der Waals surface area (Å²) in [5.41, 5.74) is 1.37. The Bertz CT molecular complexity index is 266. The molecule has 0 aliphatic rings. The summed E-state index contributed by atoms with van der Waals surface area (Å²) in [5.74, 6) is 0. The molecule has 0 aliphatic heterocycles. The second-order valence-electron chi connectivity index (χ2n) is 3.83. The zero-order valence-corrected chi connectivity index (χ0v) is 10.6.